The van der Waals surface area contributed by atoms with Crippen molar-refractivity contribution in [1.29, 1.82) is 0 Å². The largest absolute Gasteiger partial charge is 0.388 e. The molecule has 3 heteroatoms. The van der Waals surface area contributed by atoms with E-state index in [1.54, 1.807) is 11.3 Å². The van der Waals surface area contributed by atoms with E-state index >= 15 is 0 Å². The van der Waals surface area contributed by atoms with Crippen LogP contribution in [0.15, 0.2) is 47.8 Å². The molecular formula is C18H25NOS. The van der Waals surface area contributed by atoms with Gasteiger partial charge >= 0.3 is 0 Å². The van der Waals surface area contributed by atoms with E-state index in [4.69, 9.17) is 0 Å². The molecule has 2 rings (SSSR count). The van der Waals surface area contributed by atoms with Crippen LogP contribution in [0.25, 0.3) is 0 Å². The minimum atomic E-state index is -0.407. The zero-order valence-electron chi connectivity index (χ0n) is 13.1. The molecule has 1 aromatic heterocycles. The minimum Gasteiger partial charge on any atom is -0.388 e. The first-order valence-electron chi connectivity index (χ1n) is 7.57. The summed E-state index contributed by atoms with van der Waals surface area (Å²) in [6.07, 6.45) is -0.407. The highest BCUT2D eigenvalue weighted by Gasteiger charge is 2.21. The molecule has 0 bridgehead atoms. The van der Waals surface area contributed by atoms with Crippen molar-refractivity contribution in [3.63, 3.8) is 0 Å². The molecule has 1 heterocycles. The summed E-state index contributed by atoms with van der Waals surface area (Å²) in [7, 11) is 0. The third-order valence-electron chi connectivity index (χ3n) is 3.87. The van der Waals surface area contributed by atoms with E-state index in [0.29, 0.717) is 6.04 Å². The molecule has 0 amide bonds. The van der Waals surface area contributed by atoms with Crippen LogP contribution in [0.4, 0.5) is 0 Å². The lowest BCUT2D eigenvalue weighted by Gasteiger charge is -2.31. The van der Waals surface area contributed by atoms with Gasteiger partial charge in [0.1, 0.15) is 0 Å². The van der Waals surface area contributed by atoms with Crippen molar-refractivity contribution in [2.75, 3.05) is 6.54 Å². The van der Waals surface area contributed by atoms with Crippen LogP contribution in [-0.4, -0.2) is 22.6 Å². The summed E-state index contributed by atoms with van der Waals surface area (Å²) < 4.78 is 0. The number of aliphatic hydroxyl groups excluding tert-OH is 1. The Labute approximate surface area is 132 Å². The average molecular weight is 303 g/mol. The Morgan fingerprint density at radius 1 is 1.05 bits per heavy atom. The standard InChI is InChI=1S/C18H25NOS/c1-14(2)19(13-17-10-7-11-21-17)12-15(3)18(20)16-8-5-4-6-9-16/h4-11,14-15,18,20H,12-13H2,1-3H3. The fourth-order valence-corrected chi connectivity index (χ4v) is 3.24. The molecular weight excluding hydrogens is 278 g/mol. The summed E-state index contributed by atoms with van der Waals surface area (Å²) in [6, 6.07) is 14.7. The topological polar surface area (TPSA) is 23.5 Å². The van der Waals surface area contributed by atoms with E-state index in [2.05, 4.69) is 43.2 Å². The van der Waals surface area contributed by atoms with E-state index in [9.17, 15) is 5.11 Å². The van der Waals surface area contributed by atoms with Gasteiger partial charge in [0.15, 0.2) is 0 Å². The van der Waals surface area contributed by atoms with Gasteiger partial charge in [-0.15, -0.1) is 11.3 Å². The van der Waals surface area contributed by atoms with Crippen LogP contribution in [0.3, 0.4) is 0 Å². The van der Waals surface area contributed by atoms with Crippen LogP contribution >= 0.6 is 11.3 Å². The number of thiophene rings is 1. The first-order chi connectivity index (χ1) is 10.1. The second-order valence-corrected chi connectivity index (χ2v) is 6.97. The van der Waals surface area contributed by atoms with Gasteiger partial charge in [-0.25, -0.2) is 0 Å². The first-order valence-corrected chi connectivity index (χ1v) is 8.45. The molecule has 2 atom stereocenters. The average Bonchev–Trinajstić information content (AvgIpc) is 2.99. The van der Waals surface area contributed by atoms with Crippen LogP contribution in [0.2, 0.25) is 0 Å². The maximum absolute atomic E-state index is 10.5. The summed E-state index contributed by atoms with van der Waals surface area (Å²) in [5, 5.41) is 12.6. The van der Waals surface area contributed by atoms with Crippen molar-refractivity contribution < 1.29 is 5.11 Å². The Morgan fingerprint density at radius 3 is 2.33 bits per heavy atom. The quantitative estimate of drug-likeness (QED) is 0.823. The Kier molecular flexibility index (Phi) is 5.97. The van der Waals surface area contributed by atoms with Crippen molar-refractivity contribution in [3.05, 3.63) is 58.3 Å². The van der Waals surface area contributed by atoms with Crippen LogP contribution < -0.4 is 0 Å². The maximum Gasteiger partial charge on any atom is 0.0827 e. The number of rotatable bonds is 7. The van der Waals surface area contributed by atoms with Crippen LogP contribution in [0.1, 0.15) is 37.3 Å². The summed E-state index contributed by atoms with van der Waals surface area (Å²) in [4.78, 5) is 3.81. The third kappa shape index (κ3) is 4.67. The van der Waals surface area contributed by atoms with Crippen LogP contribution in [0, 0.1) is 5.92 Å². The summed E-state index contributed by atoms with van der Waals surface area (Å²) >= 11 is 1.80. The van der Waals surface area contributed by atoms with Gasteiger partial charge < -0.3 is 5.11 Å². The van der Waals surface area contributed by atoms with Gasteiger partial charge in [-0.3, -0.25) is 4.90 Å². The van der Waals surface area contributed by atoms with Crippen LogP contribution in [-0.2, 0) is 6.54 Å². The highest BCUT2D eigenvalue weighted by molar-refractivity contribution is 7.09. The molecule has 114 valence electrons. The zero-order valence-corrected chi connectivity index (χ0v) is 13.9. The lowest BCUT2D eigenvalue weighted by Crippen LogP contribution is -2.35. The Bertz CT molecular complexity index is 509. The monoisotopic (exact) mass is 303 g/mol. The molecule has 0 radical (unpaired) electrons. The summed E-state index contributed by atoms with van der Waals surface area (Å²) in [5.41, 5.74) is 1.00. The molecule has 2 aromatic rings. The summed E-state index contributed by atoms with van der Waals surface area (Å²) in [5.74, 6) is 0.203. The predicted octanol–water partition coefficient (Wildman–Crippen LogP) is 4.33. The van der Waals surface area contributed by atoms with E-state index in [1.807, 2.05) is 30.3 Å². The number of nitrogens with zero attached hydrogens (tertiary/aromatic N) is 1. The highest BCUT2D eigenvalue weighted by atomic mass is 32.1. The van der Waals surface area contributed by atoms with E-state index in [1.165, 1.54) is 4.88 Å². The van der Waals surface area contributed by atoms with Crippen molar-refractivity contribution in [2.45, 2.75) is 39.5 Å². The SMILES string of the molecule is CC(CN(Cc1cccs1)C(C)C)C(O)c1ccccc1. The van der Waals surface area contributed by atoms with Gasteiger partial charge in [0, 0.05) is 24.0 Å². The fraction of sp³-hybridized carbons (Fsp3) is 0.444. The second-order valence-electron chi connectivity index (χ2n) is 5.94. The Hall–Kier alpha value is -1.16. The molecule has 0 fully saturated rings. The van der Waals surface area contributed by atoms with Gasteiger partial charge in [0.2, 0.25) is 0 Å². The fourth-order valence-electron chi connectivity index (χ4n) is 2.51. The minimum absolute atomic E-state index is 0.203. The molecule has 0 aliphatic rings. The number of hydrogen-bond acceptors (Lipinski definition) is 3. The first kappa shape index (κ1) is 16.2. The molecule has 0 spiro atoms. The molecule has 21 heavy (non-hydrogen) atoms. The van der Waals surface area contributed by atoms with Gasteiger partial charge in [-0.2, -0.15) is 0 Å². The smallest absolute Gasteiger partial charge is 0.0827 e. The molecule has 0 aliphatic carbocycles. The van der Waals surface area contributed by atoms with Crippen molar-refractivity contribution in [3.8, 4) is 0 Å². The Balaban J connectivity index is 1.99. The molecule has 0 aliphatic heterocycles. The number of benzene rings is 1. The van der Waals surface area contributed by atoms with E-state index in [-0.39, 0.29) is 5.92 Å². The molecule has 1 N–H and O–H groups in total. The van der Waals surface area contributed by atoms with Gasteiger partial charge in [-0.1, -0.05) is 43.3 Å². The molecule has 0 saturated heterocycles. The number of aliphatic hydroxyl groups is 1. The Morgan fingerprint density at radius 2 is 1.76 bits per heavy atom. The van der Waals surface area contributed by atoms with Gasteiger partial charge in [0.25, 0.3) is 0 Å². The molecule has 1 aromatic carbocycles. The molecule has 0 saturated carbocycles. The van der Waals surface area contributed by atoms with E-state index < -0.39 is 6.10 Å². The van der Waals surface area contributed by atoms with Gasteiger partial charge in [0.05, 0.1) is 6.10 Å². The predicted molar refractivity (Wildman–Crippen MR) is 90.4 cm³/mol. The van der Waals surface area contributed by atoms with Gasteiger partial charge in [-0.05, 0) is 36.8 Å². The lowest BCUT2D eigenvalue weighted by molar-refractivity contribution is 0.0758. The normalized spacial score (nSPS) is 14.6. The third-order valence-corrected chi connectivity index (χ3v) is 4.73. The van der Waals surface area contributed by atoms with Crippen LogP contribution in [0.5, 0.6) is 0 Å². The molecule has 2 nitrogen and oxygen atoms in total. The highest BCUT2D eigenvalue weighted by Crippen LogP contribution is 2.24. The maximum atomic E-state index is 10.5. The number of hydrogen-bond donors (Lipinski definition) is 1. The van der Waals surface area contributed by atoms with Crippen molar-refractivity contribution in [1.82, 2.24) is 4.90 Å². The van der Waals surface area contributed by atoms with Crippen molar-refractivity contribution >= 4 is 11.3 Å². The lowest BCUT2D eigenvalue weighted by atomic mass is 9.96. The molecule has 2 unspecified atom stereocenters. The van der Waals surface area contributed by atoms with E-state index in [0.717, 1.165) is 18.7 Å². The van der Waals surface area contributed by atoms with Crippen molar-refractivity contribution in [2.24, 2.45) is 5.92 Å². The second kappa shape index (κ2) is 7.74. The zero-order chi connectivity index (χ0) is 15.2. The summed E-state index contributed by atoms with van der Waals surface area (Å²) in [6.45, 7) is 8.42.